The first-order chi connectivity index (χ1) is 12.4. The second-order valence-electron chi connectivity index (χ2n) is 5.97. The summed E-state index contributed by atoms with van der Waals surface area (Å²) in [4.78, 5) is 0. The third kappa shape index (κ3) is 2.50. The molecule has 2 N–H and O–H groups in total. The van der Waals surface area contributed by atoms with Crippen LogP contribution < -0.4 is 10.1 Å². The minimum atomic E-state index is -0.225. The average molecular weight is 333 g/mol. The number of anilines is 1. The highest BCUT2D eigenvalue weighted by molar-refractivity contribution is 5.81. The number of hydrogen-bond donors (Lipinski definition) is 2. The maximum absolute atomic E-state index is 5.88. The van der Waals surface area contributed by atoms with Gasteiger partial charge in [-0.05, 0) is 17.2 Å². The van der Waals surface area contributed by atoms with E-state index < -0.39 is 0 Å². The number of hydrogen-bond acceptors (Lipinski definition) is 6. The van der Waals surface area contributed by atoms with Crippen LogP contribution in [0.15, 0.2) is 53.1 Å². The van der Waals surface area contributed by atoms with E-state index in [-0.39, 0.29) is 6.10 Å². The standard InChI is InChI=1S/C18H15N5O2/c1-2-7-14-11(4-1)8-15(24-14)17-22-23-18(25-17)19-9-12-5-3-6-13-10-20-21-16(12)13/h1-7,10,15H,8-9H2,(H,19,23)(H,20,21). The Morgan fingerprint density at radius 1 is 1.12 bits per heavy atom. The predicted molar refractivity (Wildman–Crippen MR) is 91.2 cm³/mol. The Kier molecular flexibility index (Phi) is 3.16. The Balaban J connectivity index is 1.30. The highest BCUT2D eigenvalue weighted by Gasteiger charge is 2.28. The van der Waals surface area contributed by atoms with Crippen molar-refractivity contribution < 1.29 is 9.15 Å². The molecule has 0 saturated carbocycles. The Bertz CT molecular complexity index is 1010. The van der Waals surface area contributed by atoms with Crippen molar-refractivity contribution in [2.45, 2.75) is 19.1 Å². The molecule has 0 aliphatic carbocycles. The van der Waals surface area contributed by atoms with Crippen molar-refractivity contribution in [3.8, 4) is 5.75 Å². The molecule has 2 aromatic carbocycles. The number of ether oxygens (including phenoxy) is 1. The Hall–Kier alpha value is -3.35. The normalized spacial score (nSPS) is 15.9. The van der Waals surface area contributed by atoms with E-state index in [1.807, 2.05) is 36.4 Å². The summed E-state index contributed by atoms with van der Waals surface area (Å²) in [5, 5.41) is 19.5. The predicted octanol–water partition coefficient (Wildman–Crippen LogP) is 3.23. The zero-order chi connectivity index (χ0) is 16.6. The van der Waals surface area contributed by atoms with Crippen LogP contribution in [-0.4, -0.2) is 20.4 Å². The van der Waals surface area contributed by atoms with Crippen LogP contribution in [0.25, 0.3) is 10.9 Å². The minimum Gasteiger partial charge on any atom is -0.480 e. The zero-order valence-electron chi connectivity index (χ0n) is 13.3. The summed E-state index contributed by atoms with van der Waals surface area (Å²) in [6.45, 7) is 0.562. The smallest absolute Gasteiger partial charge is 0.315 e. The second-order valence-corrected chi connectivity index (χ2v) is 5.97. The number of rotatable bonds is 4. The van der Waals surface area contributed by atoms with Gasteiger partial charge in [-0.1, -0.05) is 41.5 Å². The van der Waals surface area contributed by atoms with Crippen molar-refractivity contribution in [3.63, 3.8) is 0 Å². The van der Waals surface area contributed by atoms with Gasteiger partial charge in [-0.25, -0.2) is 0 Å². The molecule has 25 heavy (non-hydrogen) atoms. The molecule has 0 amide bonds. The van der Waals surface area contributed by atoms with E-state index in [1.54, 1.807) is 6.20 Å². The maximum Gasteiger partial charge on any atom is 0.315 e. The molecule has 5 rings (SSSR count). The van der Waals surface area contributed by atoms with Gasteiger partial charge in [-0.2, -0.15) is 5.10 Å². The van der Waals surface area contributed by atoms with Crippen molar-refractivity contribution in [2.75, 3.05) is 5.32 Å². The molecule has 7 heteroatoms. The van der Waals surface area contributed by atoms with Gasteiger partial charge < -0.3 is 14.5 Å². The number of benzene rings is 2. The van der Waals surface area contributed by atoms with Crippen LogP contribution in [0.1, 0.15) is 23.1 Å². The largest absolute Gasteiger partial charge is 0.480 e. The van der Waals surface area contributed by atoms with Crippen molar-refractivity contribution in [2.24, 2.45) is 0 Å². The number of fused-ring (bicyclic) bond motifs is 2. The molecule has 3 heterocycles. The van der Waals surface area contributed by atoms with Gasteiger partial charge >= 0.3 is 6.01 Å². The molecule has 2 aromatic heterocycles. The average Bonchev–Trinajstić information content (AvgIpc) is 3.37. The Labute approximate surface area is 143 Å². The van der Waals surface area contributed by atoms with Crippen LogP contribution in [0.5, 0.6) is 5.75 Å². The lowest BCUT2D eigenvalue weighted by Gasteiger charge is -2.05. The number of H-pyrrole nitrogens is 1. The molecule has 0 radical (unpaired) electrons. The van der Waals surface area contributed by atoms with Gasteiger partial charge in [0, 0.05) is 18.4 Å². The maximum atomic E-state index is 5.88. The fraction of sp³-hybridized carbons (Fsp3) is 0.167. The summed E-state index contributed by atoms with van der Waals surface area (Å²) in [5.74, 6) is 1.37. The first-order valence-corrected chi connectivity index (χ1v) is 8.09. The lowest BCUT2D eigenvalue weighted by Crippen LogP contribution is -2.03. The van der Waals surface area contributed by atoms with E-state index in [9.17, 15) is 0 Å². The van der Waals surface area contributed by atoms with Gasteiger partial charge in [0.1, 0.15) is 5.75 Å². The molecule has 1 atom stereocenters. The van der Waals surface area contributed by atoms with E-state index >= 15 is 0 Å². The summed E-state index contributed by atoms with van der Waals surface area (Å²) in [7, 11) is 0. The zero-order valence-corrected chi connectivity index (χ0v) is 13.3. The van der Waals surface area contributed by atoms with E-state index in [2.05, 4.69) is 31.8 Å². The second kappa shape index (κ2) is 5.62. The number of aromatic nitrogens is 4. The highest BCUT2D eigenvalue weighted by Crippen LogP contribution is 2.36. The van der Waals surface area contributed by atoms with E-state index in [0.29, 0.717) is 18.5 Å². The molecular formula is C18H15N5O2. The molecule has 0 spiro atoms. The fourth-order valence-electron chi connectivity index (χ4n) is 3.10. The molecule has 1 aliphatic heterocycles. The van der Waals surface area contributed by atoms with Crippen molar-refractivity contribution >= 4 is 16.9 Å². The van der Waals surface area contributed by atoms with Crippen LogP contribution in [0, 0.1) is 0 Å². The molecule has 124 valence electrons. The van der Waals surface area contributed by atoms with Gasteiger partial charge in [0.15, 0.2) is 6.10 Å². The lowest BCUT2D eigenvalue weighted by atomic mass is 10.1. The SMILES string of the molecule is c1ccc2c(c1)CC(c1nnc(NCc3cccc4cn[nH]c34)o1)O2. The van der Waals surface area contributed by atoms with Gasteiger partial charge in [0.2, 0.25) is 0 Å². The van der Waals surface area contributed by atoms with Gasteiger partial charge in [-0.15, -0.1) is 5.10 Å². The van der Waals surface area contributed by atoms with E-state index in [1.165, 1.54) is 0 Å². The Morgan fingerprint density at radius 2 is 2.08 bits per heavy atom. The first-order valence-electron chi connectivity index (χ1n) is 8.09. The fourth-order valence-corrected chi connectivity index (χ4v) is 3.10. The molecule has 0 fully saturated rings. The molecule has 4 aromatic rings. The van der Waals surface area contributed by atoms with Crippen LogP contribution in [0.3, 0.4) is 0 Å². The summed E-state index contributed by atoms with van der Waals surface area (Å²) >= 11 is 0. The van der Waals surface area contributed by atoms with Gasteiger partial charge in [0.05, 0.1) is 11.7 Å². The minimum absolute atomic E-state index is 0.225. The van der Waals surface area contributed by atoms with Crippen LogP contribution in [0.4, 0.5) is 6.01 Å². The molecule has 1 unspecified atom stereocenters. The van der Waals surface area contributed by atoms with Crippen LogP contribution >= 0.6 is 0 Å². The molecule has 0 saturated heterocycles. The summed E-state index contributed by atoms with van der Waals surface area (Å²) in [5.41, 5.74) is 3.25. The number of para-hydroxylation sites is 2. The summed E-state index contributed by atoms with van der Waals surface area (Å²) in [6.07, 6.45) is 2.32. The summed E-state index contributed by atoms with van der Waals surface area (Å²) < 4.78 is 11.6. The topological polar surface area (TPSA) is 88.9 Å². The third-order valence-corrected chi connectivity index (χ3v) is 4.36. The summed E-state index contributed by atoms with van der Waals surface area (Å²) in [6, 6.07) is 14.4. The third-order valence-electron chi connectivity index (χ3n) is 4.36. The lowest BCUT2D eigenvalue weighted by molar-refractivity contribution is 0.199. The molecule has 1 aliphatic rings. The first kappa shape index (κ1) is 14.0. The van der Waals surface area contributed by atoms with Crippen LogP contribution in [0.2, 0.25) is 0 Å². The quantitative estimate of drug-likeness (QED) is 0.596. The van der Waals surface area contributed by atoms with Gasteiger partial charge in [-0.3, -0.25) is 5.10 Å². The van der Waals surface area contributed by atoms with E-state index in [0.717, 1.165) is 34.2 Å². The number of nitrogens with zero attached hydrogens (tertiary/aromatic N) is 3. The van der Waals surface area contributed by atoms with Crippen molar-refractivity contribution in [3.05, 3.63) is 65.7 Å². The van der Waals surface area contributed by atoms with Gasteiger partial charge in [0.25, 0.3) is 5.89 Å². The Morgan fingerprint density at radius 3 is 3.04 bits per heavy atom. The molecular weight excluding hydrogens is 318 g/mol. The number of aromatic amines is 1. The molecule has 0 bridgehead atoms. The van der Waals surface area contributed by atoms with Crippen molar-refractivity contribution in [1.82, 2.24) is 20.4 Å². The van der Waals surface area contributed by atoms with E-state index in [4.69, 9.17) is 9.15 Å². The highest BCUT2D eigenvalue weighted by atomic mass is 16.5. The molecule has 7 nitrogen and oxygen atoms in total. The van der Waals surface area contributed by atoms with Crippen LogP contribution in [-0.2, 0) is 13.0 Å². The monoisotopic (exact) mass is 333 g/mol. The number of nitrogens with one attached hydrogen (secondary N) is 2. The van der Waals surface area contributed by atoms with Crippen molar-refractivity contribution in [1.29, 1.82) is 0 Å².